The molecular weight excluding hydrogens is 322 g/mol. The zero-order valence-corrected chi connectivity index (χ0v) is 15.0. The van der Waals surface area contributed by atoms with Gasteiger partial charge in [0.25, 0.3) is 0 Å². The Labute approximate surface area is 148 Å². The van der Waals surface area contributed by atoms with Gasteiger partial charge in [-0.2, -0.15) is 0 Å². The average Bonchev–Trinajstić information content (AvgIpc) is 3.20. The fourth-order valence-electron chi connectivity index (χ4n) is 2.97. The highest BCUT2D eigenvalue weighted by molar-refractivity contribution is 5.05. The van der Waals surface area contributed by atoms with Gasteiger partial charge in [-0.25, -0.2) is 4.98 Å². The van der Waals surface area contributed by atoms with Crippen molar-refractivity contribution in [3.63, 3.8) is 0 Å². The van der Waals surface area contributed by atoms with E-state index in [-0.39, 0.29) is 0 Å². The van der Waals surface area contributed by atoms with Crippen LogP contribution in [0.4, 0.5) is 0 Å². The minimum Gasteiger partial charge on any atom is -0.467 e. The topological polar surface area (TPSA) is 75.1 Å². The number of aryl methyl sites for hydroxylation is 2. The van der Waals surface area contributed by atoms with Gasteiger partial charge in [-0.3, -0.25) is 9.80 Å². The first kappa shape index (κ1) is 18.1. The van der Waals surface area contributed by atoms with Crippen molar-refractivity contribution in [2.24, 2.45) is 0 Å². The summed E-state index contributed by atoms with van der Waals surface area (Å²) in [5, 5.41) is 10.1. The fourth-order valence-corrected chi connectivity index (χ4v) is 2.97. The molecule has 7 nitrogen and oxygen atoms in total. The van der Waals surface area contributed by atoms with Crippen molar-refractivity contribution in [2.45, 2.75) is 33.1 Å². The molecule has 0 aliphatic carbocycles. The maximum Gasteiger partial charge on any atom is 0.208 e. The van der Waals surface area contributed by atoms with Crippen LogP contribution in [-0.4, -0.2) is 65.3 Å². The summed E-state index contributed by atoms with van der Waals surface area (Å²) in [7, 11) is 0. The van der Waals surface area contributed by atoms with Gasteiger partial charge in [0, 0.05) is 32.7 Å². The van der Waals surface area contributed by atoms with E-state index in [4.69, 9.17) is 13.6 Å². The Balaban J connectivity index is 1.33. The summed E-state index contributed by atoms with van der Waals surface area (Å²) in [6, 6.07) is 3.69. The lowest BCUT2D eigenvalue weighted by molar-refractivity contribution is -0.00354. The van der Waals surface area contributed by atoms with Gasteiger partial charge in [0.1, 0.15) is 18.1 Å². The van der Waals surface area contributed by atoms with Crippen LogP contribution in [0, 0.1) is 13.8 Å². The lowest BCUT2D eigenvalue weighted by atomic mass is 10.2. The summed E-state index contributed by atoms with van der Waals surface area (Å²) in [6.45, 7) is 9.74. The molecule has 25 heavy (non-hydrogen) atoms. The summed E-state index contributed by atoms with van der Waals surface area (Å²) in [5.74, 6) is 2.46. The van der Waals surface area contributed by atoms with E-state index in [0.717, 1.165) is 55.8 Å². The summed E-state index contributed by atoms with van der Waals surface area (Å²) in [4.78, 5) is 9.04. The number of aliphatic hydroxyl groups excluding tert-OH is 1. The lowest BCUT2D eigenvalue weighted by Gasteiger charge is -2.34. The number of β-amino-alcohol motifs (C(OH)–C–C–N with tert-alkyl or cyclic N) is 1. The van der Waals surface area contributed by atoms with E-state index in [1.807, 2.05) is 26.0 Å². The van der Waals surface area contributed by atoms with Crippen molar-refractivity contribution in [3.05, 3.63) is 41.5 Å². The molecule has 138 valence electrons. The number of ether oxygens (including phenoxy) is 1. The predicted molar refractivity (Wildman–Crippen MR) is 92.1 cm³/mol. The molecule has 1 aliphatic rings. The highest BCUT2D eigenvalue weighted by Crippen LogP contribution is 2.12. The van der Waals surface area contributed by atoms with Gasteiger partial charge in [0.15, 0.2) is 0 Å². The summed E-state index contributed by atoms with van der Waals surface area (Å²) < 4.78 is 16.3. The van der Waals surface area contributed by atoms with Crippen molar-refractivity contribution < 1.29 is 18.7 Å². The molecule has 1 N–H and O–H groups in total. The maximum atomic E-state index is 10.1. The van der Waals surface area contributed by atoms with Crippen molar-refractivity contribution in [2.75, 3.05) is 39.3 Å². The van der Waals surface area contributed by atoms with Crippen LogP contribution < -0.4 is 0 Å². The smallest absolute Gasteiger partial charge is 0.208 e. The Bertz CT molecular complexity index is 613. The molecule has 1 fully saturated rings. The average molecular weight is 349 g/mol. The number of hydrogen-bond donors (Lipinski definition) is 1. The highest BCUT2D eigenvalue weighted by Gasteiger charge is 2.21. The molecule has 0 saturated carbocycles. The van der Waals surface area contributed by atoms with Gasteiger partial charge in [0.05, 0.1) is 31.2 Å². The Morgan fingerprint density at radius 2 is 2.00 bits per heavy atom. The van der Waals surface area contributed by atoms with E-state index in [1.54, 1.807) is 6.26 Å². The first-order valence-electron chi connectivity index (χ1n) is 8.76. The molecular formula is C18H27N3O4. The normalized spacial score (nSPS) is 17.9. The van der Waals surface area contributed by atoms with Crippen LogP contribution in [0.5, 0.6) is 0 Å². The van der Waals surface area contributed by atoms with Crippen LogP contribution in [0.2, 0.25) is 0 Å². The Morgan fingerprint density at radius 3 is 2.64 bits per heavy atom. The predicted octanol–water partition coefficient (Wildman–Crippen LogP) is 1.58. The third-order valence-corrected chi connectivity index (χ3v) is 4.50. The van der Waals surface area contributed by atoms with Crippen LogP contribution >= 0.6 is 0 Å². The molecule has 2 aromatic heterocycles. The third-order valence-electron chi connectivity index (χ3n) is 4.50. The first-order valence-corrected chi connectivity index (χ1v) is 8.76. The molecule has 0 spiro atoms. The zero-order chi connectivity index (χ0) is 17.6. The molecule has 1 atom stereocenters. The van der Waals surface area contributed by atoms with E-state index in [0.29, 0.717) is 19.8 Å². The van der Waals surface area contributed by atoms with Gasteiger partial charge in [0.2, 0.25) is 5.89 Å². The number of piperazine rings is 1. The molecule has 0 radical (unpaired) electrons. The number of nitrogens with zero attached hydrogens (tertiary/aromatic N) is 3. The van der Waals surface area contributed by atoms with Crippen molar-refractivity contribution in [1.29, 1.82) is 0 Å². The standard InChI is InChI=1S/C18H27N3O4/c1-14-15(2)25-18(19-14)11-21-7-5-20(6-8-21)10-16(22)12-23-13-17-4-3-9-24-17/h3-4,9,16,22H,5-8,10-13H2,1-2H3/t16-/m0/s1. The summed E-state index contributed by atoms with van der Waals surface area (Å²) in [5.41, 5.74) is 0.964. The van der Waals surface area contributed by atoms with Crippen LogP contribution in [-0.2, 0) is 17.9 Å². The molecule has 1 saturated heterocycles. The van der Waals surface area contributed by atoms with Crippen molar-refractivity contribution in [3.8, 4) is 0 Å². The van der Waals surface area contributed by atoms with Gasteiger partial charge < -0.3 is 18.7 Å². The second-order valence-electron chi connectivity index (χ2n) is 6.57. The van der Waals surface area contributed by atoms with Gasteiger partial charge in [-0.15, -0.1) is 0 Å². The number of oxazole rings is 1. The monoisotopic (exact) mass is 349 g/mol. The highest BCUT2D eigenvalue weighted by atomic mass is 16.5. The number of furan rings is 1. The van der Waals surface area contributed by atoms with Crippen molar-refractivity contribution >= 4 is 0 Å². The minimum absolute atomic E-state index is 0.315. The van der Waals surface area contributed by atoms with E-state index >= 15 is 0 Å². The van der Waals surface area contributed by atoms with Crippen LogP contribution in [0.1, 0.15) is 23.1 Å². The number of hydrogen-bond acceptors (Lipinski definition) is 7. The minimum atomic E-state index is -0.487. The van der Waals surface area contributed by atoms with Gasteiger partial charge in [-0.05, 0) is 26.0 Å². The van der Waals surface area contributed by atoms with Gasteiger partial charge >= 0.3 is 0 Å². The Kier molecular flexibility index (Phi) is 6.25. The zero-order valence-electron chi connectivity index (χ0n) is 15.0. The number of rotatable bonds is 8. The molecule has 0 bridgehead atoms. The molecule has 0 amide bonds. The molecule has 2 aromatic rings. The molecule has 3 heterocycles. The second kappa shape index (κ2) is 8.62. The van der Waals surface area contributed by atoms with E-state index in [9.17, 15) is 5.11 Å². The number of aromatic nitrogens is 1. The number of aliphatic hydroxyl groups is 1. The summed E-state index contributed by atoms with van der Waals surface area (Å²) >= 11 is 0. The van der Waals surface area contributed by atoms with Gasteiger partial charge in [-0.1, -0.05) is 0 Å². The largest absolute Gasteiger partial charge is 0.467 e. The quantitative estimate of drug-likeness (QED) is 0.775. The maximum absolute atomic E-state index is 10.1. The Morgan fingerprint density at radius 1 is 1.24 bits per heavy atom. The van der Waals surface area contributed by atoms with Crippen LogP contribution in [0.15, 0.2) is 27.2 Å². The molecule has 3 rings (SSSR count). The lowest BCUT2D eigenvalue weighted by Crippen LogP contribution is -2.48. The van der Waals surface area contributed by atoms with E-state index in [1.165, 1.54) is 0 Å². The fraction of sp³-hybridized carbons (Fsp3) is 0.611. The van der Waals surface area contributed by atoms with Crippen LogP contribution in [0.3, 0.4) is 0 Å². The molecule has 7 heteroatoms. The molecule has 0 unspecified atom stereocenters. The second-order valence-corrected chi connectivity index (χ2v) is 6.57. The Hall–Kier alpha value is -1.67. The van der Waals surface area contributed by atoms with Crippen molar-refractivity contribution in [1.82, 2.24) is 14.8 Å². The van der Waals surface area contributed by atoms with E-state index < -0.39 is 6.10 Å². The SMILES string of the molecule is Cc1nc(CN2CCN(C[C@H](O)COCc3ccco3)CC2)oc1C. The molecule has 1 aliphatic heterocycles. The van der Waals surface area contributed by atoms with Crippen LogP contribution in [0.25, 0.3) is 0 Å². The molecule has 0 aromatic carbocycles. The summed E-state index contributed by atoms with van der Waals surface area (Å²) in [6.07, 6.45) is 1.13. The first-order chi connectivity index (χ1) is 12.1. The third kappa shape index (κ3) is 5.40. The van der Waals surface area contributed by atoms with E-state index in [2.05, 4.69) is 14.8 Å².